The van der Waals surface area contributed by atoms with Crippen molar-refractivity contribution in [3.05, 3.63) is 217 Å². The van der Waals surface area contributed by atoms with Gasteiger partial charge in [-0.3, -0.25) is 29.1 Å². The standard InChI is InChI=1S/C43H54N4O4.C31H43N3O2.C12H11NO2/c48-37(32-51-41-24-11-22-39-38(41)21-12-27-44-39)31-46-29-25-35(26-30-46)43(50)47-28-8-7-23-40(47)42(49)45-36(19-9-17-33-13-3-1-4-14-33)20-10-18-34-15-5-2-6-16-34;35-30(29-19-7-8-24-34(29)31(36)27-20-22-32-23-21-27)33-28(17-9-15-25-11-3-1-4-12-25)18-10-16-26-13-5-2-6-14-26;1-4-11-10(3-2-6-13-11)12(5-1)15-8-9-7-14-9/h1-6,11-16,21-22,24,27,35-37,40,48H,7-10,17-20,23,25-26,28-32H2,(H,45,49);1-6,11-14,27-29,32H,7-10,15-24H2,(H,33,35);1-6,9H,7-8H2/t37-,40?;;9-/m1.1/s1. The number of likely N-dealkylation sites (tertiary alicyclic amines) is 3. The smallest absolute Gasteiger partial charge is 0.243 e. The van der Waals surface area contributed by atoms with E-state index in [1.165, 1.54) is 22.3 Å². The molecule has 5 aliphatic heterocycles. The van der Waals surface area contributed by atoms with Crippen molar-refractivity contribution in [3.63, 3.8) is 0 Å². The molecular weight excluding hydrogens is 1270 g/mol. The van der Waals surface area contributed by atoms with Gasteiger partial charge >= 0.3 is 0 Å². The molecule has 0 radical (unpaired) electrons. The molecule has 4 N–H and O–H groups in total. The first-order chi connectivity index (χ1) is 50.2. The number of nitrogens with zero attached hydrogens (tertiary/aromatic N) is 5. The van der Waals surface area contributed by atoms with E-state index in [9.17, 15) is 24.3 Å². The Bertz CT molecular complexity index is 3700. The van der Waals surface area contributed by atoms with Crippen LogP contribution in [0.15, 0.2) is 194 Å². The highest BCUT2D eigenvalue weighted by molar-refractivity contribution is 5.90. The third-order valence-electron chi connectivity index (χ3n) is 20.9. The molecule has 102 heavy (non-hydrogen) atoms. The van der Waals surface area contributed by atoms with Crippen LogP contribution in [0, 0.1) is 11.8 Å². The summed E-state index contributed by atoms with van der Waals surface area (Å²) < 4.78 is 16.8. The van der Waals surface area contributed by atoms with Gasteiger partial charge in [0.25, 0.3) is 0 Å². The number of aromatic nitrogens is 2. The first kappa shape index (κ1) is 74.6. The second-order valence-electron chi connectivity index (χ2n) is 28.5. The summed E-state index contributed by atoms with van der Waals surface area (Å²) in [6, 6.07) is 61.2. The fourth-order valence-electron chi connectivity index (χ4n) is 15.1. The Morgan fingerprint density at radius 2 is 0.892 bits per heavy atom. The van der Waals surface area contributed by atoms with Crippen LogP contribution in [0.1, 0.15) is 138 Å². The summed E-state index contributed by atoms with van der Waals surface area (Å²) in [5, 5.41) is 23.0. The maximum atomic E-state index is 14.0. The van der Waals surface area contributed by atoms with Crippen molar-refractivity contribution in [2.24, 2.45) is 11.8 Å². The molecule has 5 fully saturated rings. The molecule has 4 atom stereocenters. The molecule has 0 aliphatic carbocycles. The van der Waals surface area contributed by atoms with Crippen LogP contribution in [-0.2, 0) is 49.6 Å². The predicted molar refractivity (Wildman–Crippen MR) is 405 cm³/mol. The molecule has 2 unspecified atom stereocenters. The van der Waals surface area contributed by atoms with Crippen LogP contribution in [0.5, 0.6) is 11.5 Å². The summed E-state index contributed by atoms with van der Waals surface area (Å²) in [6.07, 6.45) is 23.7. The maximum absolute atomic E-state index is 14.0. The molecule has 0 bridgehead atoms. The van der Waals surface area contributed by atoms with Gasteiger partial charge in [-0.2, -0.15) is 0 Å². The first-order valence-corrected chi connectivity index (χ1v) is 38.2. The van der Waals surface area contributed by atoms with E-state index in [0.29, 0.717) is 26.2 Å². The number of β-amino-alcohol motifs (C(OH)–C–C–N with tert-alkyl or cyclic N) is 1. The van der Waals surface area contributed by atoms with Crippen molar-refractivity contribution < 1.29 is 38.5 Å². The molecule has 5 saturated heterocycles. The Morgan fingerprint density at radius 1 is 0.480 bits per heavy atom. The van der Waals surface area contributed by atoms with Gasteiger partial charge in [-0.25, -0.2) is 0 Å². The van der Waals surface area contributed by atoms with Crippen molar-refractivity contribution in [1.29, 1.82) is 0 Å². The highest BCUT2D eigenvalue weighted by Gasteiger charge is 2.39. The predicted octanol–water partition coefficient (Wildman–Crippen LogP) is 13.5. The Morgan fingerprint density at radius 3 is 1.31 bits per heavy atom. The highest BCUT2D eigenvalue weighted by Crippen LogP contribution is 2.30. The Balaban J connectivity index is 0.000000176. The first-order valence-electron chi connectivity index (χ1n) is 38.2. The lowest BCUT2D eigenvalue weighted by molar-refractivity contribution is -0.147. The molecule has 6 aromatic carbocycles. The van der Waals surface area contributed by atoms with Gasteiger partial charge in [0, 0.05) is 66.7 Å². The number of carbonyl (C=O) groups excluding carboxylic acids is 4. The van der Waals surface area contributed by atoms with E-state index in [-0.39, 0.29) is 66.3 Å². The molecule has 0 spiro atoms. The van der Waals surface area contributed by atoms with E-state index in [2.05, 4.69) is 140 Å². The quantitative estimate of drug-likeness (QED) is 0.0312. The number of amides is 4. The molecular formula is C86H108N8O8. The third-order valence-corrected chi connectivity index (χ3v) is 20.9. The summed E-state index contributed by atoms with van der Waals surface area (Å²) in [4.78, 5) is 69.5. The van der Waals surface area contributed by atoms with Crippen LogP contribution in [-0.4, -0.2) is 155 Å². The molecule has 16 heteroatoms. The van der Waals surface area contributed by atoms with Crippen LogP contribution in [0.25, 0.3) is 21.8 Å². The Kier molecular flexibility index (Phi) is 29.5. The number of fused-ring (bicyclic) bond motifs is 2. The number of piperidine rings is 4. The number of ether oxygens (including phenoxy) is 3. The molecule has 0 saturated carbocycles. The number of carbonyl (C=O) groups is 4. The van der Waals surface area contributed by atoms with Gasteiger partial charge in [0.15, 0.2) is 0 Å². The number of aliphatic hydroxyl groups is 1. The number of aryl methyl sites for hydroxylation is 4. The zero-order valence-corrected chi connectivity index (χ0v) is 59.8. The average Bonchev–Trinajstić information content (AvgIpc) is 1.78. The van der Waals surface area contributed by atoms with Crippen LogP contribution >= 0.6 is 0 Å². The van der Waals surface area contributed by atoms with Gasteiger partial charge in [-0.15, -0.1) is 0 Å². The van der Waals surface area contributed by atoms with Crippen LogP contribution < -0.4 is 25.4 Å². The molecule has 540 valence electrons. The average molecular weight is 1380 g/mol. The van der Waals surface area contributed by atoms with Crippen LogP contribution in [0.3, 0.4) is 0 Å². The molecule has 8 aromatic rings. The normalized spacial score (nSPS) is 18.3. The zero-order valence-electron chi connectivity index (χ0n) is 59.8. The number of aliphatic hydroxyl groups excluding tert-OH is 1. The fourth-order valence-corrected chi connectivity index (χ4v) is 15.1. The van der Waals surface area contributed by atoms with E-state index < -0.39 is 12.1 Å². The second-order valence-corrected chi connectivity index (χ2v) is 28.5. The van der Waals surface area contributed by atoms with Crippen molar-refractivity contribution in [1.82, 2.24) is 40.6 Å². The molecule has 7 heterocycles. The minimum atomic E-state index is -0.646. The molecule has 4 amide bonds. The van der Waals surface area contributed by atoms with Crippen LogP contribution in [0.4, 0.5) is 0 Å². The summed E-state index contributed by atoms with van der Waals surface area (Å²) in [5.74, 6) is 1.95. The zero-order chi connectivity index (χ0) is 70.3. The van der Waals surface area contributed by atoms with E-state index in [4.69, 9.17) is 14.2 Å². The number of pyridine rings is 2. The number of hydrogen-bond acceptors (Lipinski definition) is 12. The summed E-state index contributed by atoms with van der Waals surface area (Å²) in [6.45, 7) is 6.76. The van der Waals surface area contributed by atoms with Crippen molar-refractivity contribution in [2.75, 3.05) is 65.6 Å². The van der Waals surface area contributed by atoms with Gasteiger partial charge in [0.1, 0.15) is 49.0 Å². The van der Waals surface area contributed by atoms with Crippen molar-refractivity contribution in [2.45, 2.75) is 178 Å². The largest absolute Gasteiger partial charge is 0.490 e. The fraction of sp³-hybridized carbons (Fsp3) is 0.465. The van der Waals surface area contributed by atoms with Crippen molar-refractivity contribution >= 4 is 45.4 Å². The van der Waals surface area contributed by atoms with E-state index >= 15 is 0 Å². The SMILES string of the molecule is O=C(NC(CCCc1ccccc1)CCCc1ccccc1)C1CCCCN1C(=O)C1CCN(C[C@@H](O)COc2cccc3ncccc23)CC1.O=C(NC(CCCc1ccccc1)CCCc1ccccc1)C1CCCCN1C(=O)C1CCNCC1.c1cc(OC[C@H]2CO2)c2cccnc2c1. The molecule has 13 rings (SSSR count). The molecule has 2 aromatic heterocycles. The number of hydrogen-bond donors (Lipinski definition) is 4. The Hall–Kier alpha value is -8.54. The summed E-state index contributed by atoms with van der Waals surface area (Å²) in [5.41, 5.74) is 7.16. The van der Waals surface area contributed by atoms with Crippen LogP contribution in [0.2, 0.25) is 0 Å². The summed E-state index contributed by atoms with van der Waals surface area (Å²) >= 11 is 0. The molecule has 16 nitrogen and oxygen atoms in total. The van der Waals surface area contributed by atoms with Gasteiger partial charge in [-0.1, -0.05) is 133 Å². The maximum Gasteiger partial charge on any atom is 0.243 e. The van der Waals surface area contributed by atoms with Gasteiger partial charge in [0.05, 0.1) is 17.6 Å². The number of rotatable bonds is 30. The lowest BCUT2D eigenvalue weighted by Gasteiger charge is -2.40. The third kappa shape index (κ3) is 23.5. The minimum Gasteiger partial charge on any atom is -0.490 e. The van der Waals surface area contributed by atoms with Gasteiger partial charge < -0.3 is 50.0 Å². The lowest BCUT2D eigenvalue weighted by atomic mass is 9.92. The minimum absolute atomic E-state index is 0.00927. The highest BCUT2D eigenvalue weighted by atomic mass is 16.6. The summed E-state index contributed by atoms with van der Waals surface area (Å²) in [7, 11) is 0. The number of epoxide rings is 1. The Labute approximate surface area is 604 Å². The topological polar surface area (TPSA) is 191 Å². The van der Waals surface area contributed by atoms with Gasteiger partial charge in [0.2, 0.25) is 23.6 Å². The number of benzene rings is 6. The van der Waals surface area contributed by atoms with E-state index in [1.54, 1.807) is 12.4 Å². The lowest BCUT2D eigenvalue weighted by Crippen LogP contribution is -2.56. The van der Waals surface area contributed by atoms with Crippen molar-refractivity contribution in [3.8, 4) is 11.5 Å². The van der Waals surface area contributed by atoms with E-state index in [0.717, 1.165) is 207 Å². The van der Waals surface area contributed by atoms with E-state index in [1.807, 2.05) is 82.6 Å². The molecule has 5 aliphatic rings. The number of nitrogens with one attached hydrogen (secondary N) is 3. The monoisotopic (exact) mass is 1380 g/mol. The second kappa shape index (κ2) is 40.3. The van der Waals surface area contributed by atoms with Gasteiger partial charge in [-0.05, 0) is 238 Å².